The lowest BCUT2D eigenvalue weighted by Crippen LogP contribution is -2.27. The molecular weight excluding hydrogens is 430 g/mol. The van der Waals surface area contributed by atoms with Gasteiger partial charge in [0, 0.05) is 44.3 Å². The van der Waals surface area contributed by atoms with E-state index in [-0.39, 0.29) is 5.56 Å². The molecule has 2 aliphatic carbocycles. The fraction of sp³-hybridized carbons (Fsp3) is 0.0938. The molecule has 0 spiro atoms. The van der Waals surface area contributed by atoms with Crippen LogP contribution in [0.5, 0.6) is 0 Å². The van der Waals surface area contributed by atoms with Gasteiger partial charge in [-0.25, -0.2) is 0 Å². The maximum Gasteiger partial charge on any atom is 0.263 e. The SMILES string of the molecule is O=c1c2ccccc2c2cc(C3=c4oc5c(c4=CCC3)C=CC=CC5)cc3c4ccccc4n1c23. The molecule has 3 heteroatoms. The van der Waals surface area contributed by atoms with Crippen molar-refractivity contribution >= 4 is 55.7 Å². The Hall–Kier alpha value is -4.37. The topological polar surface area (TPSA) is 34.6 Å². The van der Waals surface area contributed by atoms with Crippen molar-refractivity contribution in [3.63, 3.8) is 0 Å². The number of para-hydroxylation sites is 1. The zero-order valence-corrected chi connectivity index (χ0v) is 19.0. The van der Waals surface area contributed by atoms with E-state index < -0.39 is 0 Å². The summed E-state index contributed by atoms with van der Waals surface area (Å²) in [5.74, 6) is 1.03. The van der Waals surface area contributed by atoms with Gasteiger partial charge in [-0.3, -0.25) is 9.20 Å². The molecule has 3 nitrogen and oxygen atoms in total. The lowest BCUT2D eigenvalue weighted by molar-refractivity contribution is 0.486. The fourth-order valence-corrected chi connectivity index (χ4v) is 6.14. The first-order valence-corrected chi connectivity index (χ1v) is 12.2. The lowest BCUT2D eigenvalue weighted by Gasteiger charge is -2.12. The molecule has 3 heterocycles. The fourth-order valence-electron chi connectivity index (χ4n) is 6.14. The van der Waals surface area contributed by atoms with Crippen molar-refractivity contribution in [2.45, 2.75) is 19.3 Å². The largest absolute Gasteiger partial charge is 0.460 e. The van der Waals surface area contributed by atoms with Crippen molar-refractivity contribution in [3.8, 4) is 0 Å². The van der Waals surface area contributed by atoms with Crippen LogP contribution in [0.4, 0.5) is 0 Å². The van der Waals surface area contributed by atoms with E-state index in [1.54, 1.807) is 0 Å². The number of allylic oxidation sites excluding steroid dienone is 3. The van der Waals surface area contributed by atoms with Crippen LogP contribution in [0.2, 0.25) is 0 Å². The Balaban J connectivity index is 1.57. The van der Waals surface area contributed by atoms with E-state index in [9.17, 15) is 4.79 Å². The maximum absolute atomic E-state index is 13.6. The number of benzene rings is 3. The van der Waals surface area contributed by atoms with Crippen LogP contribution < -0.4 is 16.2 Å². The average Bonchev–Trinajstić information content (AvgIpc) is 3.33. The predicted molar refractivity (Wildman–Crippen MR) is 143 cm³/mol. The Morgan fingerprint density at radius 1 is 0.829 bits per heavy atom. The third-order valence-electron chi connectivity index (χ3n) is 7.66. The van der Waals surface area contributed by atoms with E-state index in [1.165, 1.54) is 21.9 Å². The molecule has 0 N–H and O–H groups in total. The number of aromatic nitrogens is 1. The minimum atomic E-state index is 0.0453. The summed E-state index contributed by atoms with van der Waals surface area (Å²) in [5, 5.41) is 6.32. The highest BCUT2D eigenvalue weighted by molar-refractivity contribution is 6.21. The third-order valence-corrected chi connectivity index (χ3v) is 7.66. The summed E-state index contributed by atoms with van der Waals surface area (Å²) < 4.78 is 8.43. The van der Waals surface area contributed by atoms with Crippen LogP contribution in [0.1, 0.15) is 29.7 Å². The summed E-state index contributed by atoms with van der Waals surface area (Å²) in [6.07, 6.45) is 13.6. The Labute approximate surface area is 200 Å². The number of fused-ring (bicyclic) bond motifs is 8. The van der Waals surface area contributed by atoms with Gasteiger partial charge in [0.1, 0.15) is 11.2 Å². The lowest BCUT2D eigenvalue weighted by atomic mass is 9.92. The summed E-state index contributed by atoms with van der Waals surface area (Å²) in [7, 11) is 0. The summed E-state index contributed by atoms with van der Waals surface area (Å²) in [5.41, 5.74) is 6.64. The summed E-state index contributed by atoms with van der Waals surface area (Å²) >= 11 is 0. The molecule has 35 heavy (non-hydrogen) atoms. The highest BCUT2D eigenvalue weighted by atomic mass is 16.3. The standard InChI is InChI=1S/C32H21NO2/c34-32-25-12-5-4-9-21(25)26-17-19(18-27-22-10-6-7-15-28(22)33(32)30(26)27)20-13-8-14-24-23-11-2-1-3-16-29(23)35-31(20)24/h1-7,9-12,14-15,17-18H,8,13,16H2. The second kappa shape index (κ2) is 6.83. The Kier molecular flexibility index (Phi) is 3.71. The summed E-state index contributed by atoms with van der Waals surface area (Å²) in [4.78, 5) is 13.6. The molecule has 0 bridgehead atoms. The number of hydrogen-bond donors (Lipinski definition) is 0. The van der Waals surface area contributed by atoms with Crippen LogP contribution in [-0.4, -0.2) is 4.40 Å². The average molecular weight is 452 g/mol. The number of rotatable bonds is 1. The smallest absolute Gasteiger partial charge is 0.263 e. The van der Waals surface area contributed by atoms with Crippen LogP contribution in [0, 0.1) is 0 Å². The first-order valence-electron chi connectivity index (χ1n) is 12.2. The molecule has 8 rings (SSSR count). The molecular formula is C32H21NO2. The second-order valence-corrected chi connectivity index (χ2v) is 9.52. The molecule has 6 aromatic rings. The first kappa shape index (κ1) is 19.0. The van der Waals surface area contributed by atoms with Crippen molar-refractivity contribution in [1.82, 2.24) is 4.40 Å². The van der Waals surface area contributed by atoms with E-state index in [4.69, 9.17) is 4.42 Å². The van der Waals surface area contributed by atoms with E-state index in [0.717, 1.165) is 68.4 Å². The number of hydrogen-bond acceptors (Lipinski definition) is 2. The van der Waals surface area contributed by atoms with Crippen LogP contribution >= 0.6 is 0 Å². The Bertz CT molecular complexity index is 2100. The summed E-state index contributed by atoms with van der Waals surface area (Å²) in [6, 6.07) is 20.8. The van der Waals surface area contributed by atoms with Gasteiger partial charge < -0.3 is 4.42 Å². The van der Waals surface area contributed by atoms with E-state index in [1.807, 2.05) is 28.7 Å². The van der Waals surface area contributed by atoms with Crippen LogP contribution in [0.3, 0.4) is 0 Å². The zero-order chi connectivity index (χ0) is 23.1. The third kappa shape index (κ3) is 2.47. The monoisotopic (exact) mass is 451 g/mol. The Morgan fingerprint density at radius 2 is 1.60 bits per heavy atom. The molecule has 0 aliphatic heterocycles. The normalized spacial score (nSPS) is 15.1. The first-order chi connectivity index (χ1) is 17.3. The zero-order valence-electron chi connectivity index (χ0n) is 19.0. The number of pyridine rings is 1. The molecule has 0 atom stereocenters. The van der Waals surface area contributed by atoms with Crippen molar-refractivity contribution in [3.05, 3.63) is 117 Å². The highest BCUT2D eigenvalue weighted by Gasteiger charge is 2.21. The molecule has 0 saturated carbocycles. The molecule has 3 aromatic carbocycles. The van der Waals surface area contributed by atoms with Crippen LogP contribution in [0.25, 0.3) is 55.7 Å². The van der Waals surface area contributed by atoms with Crippen molar-refractivity contribution in [1.29, 1.82) is 0 Å². The molecule has 0 amide bonds. The van der Waals surface area contributed by atoms with Gasteiger partial charge in [0.25, 0.3) is 5.56 Å². The number of nitrogens with zero attached hydrogens (tertiary/aromatic N) is 1. The Morgan fingerprint density at radius 3 is 2.49 bits per heavy atom. The van der Waals surface area contributed by atoms with Gasteiger partial charge >= 0.3 is 0 Å². The van der Waals surface area contributed by atoms with Crippen molar-refractivity contribution in [2.75, 3.05) is 0 Å². The molecule has 0 unspecified atom stereocenters. The maximum atomic E-state index is 13.6. The summed E-state index contributed by atoms with van der Waals surface area (Å²) in [6.45, 7) is 0. The van der Waals surface area contributed by atoms with Crippen LogP contribution in [0.15, 0.2) is 88.1 Å². The van der Waals surface area contributed by atoms with E-state index >= 15 is 0 Å². The molecule has 0 saturated heterocycles. The van der Waals surface area contributed by atoms with Gasteiger partial charge in [-0.2, -0.15) is 0 Å². The molecule has 3 aromatic heterocycles. The minimum Gasteiger partial charge on any atom is -0.460 e. The van der Waals surface area contributed by atoms with Gasteiger partial charge in [0.15, 0.2) is 0 Å². The number of furan rings is 1. The molecule has 0 radical (unpaired) electrons. The van der Waals surface area contributed by atoms with Crippen LogP contribution in [-0.2, 0) is 6.42 Å². The van der Waals surface area contributed by atoms with Gasteiger partial charge in [0.05, 0.1) is 11.0 Å². The van der Waals surface area contributed by atoms with Gasteiger partial charge in [-0.1, -0.05) is 66.8 Å². The quantitative estimate of drug-likeness (QED) is 0.301. The van der Waals surface area contributed by atoms with Crippen molar-refractivity contribution in [2.24, 2.45) is 0 Å². The predicted octanol–water partition coefficient (Wildman–Crippen LogP) is 5.69. The van der Waals surface area contributed by atoms with Gasteiger partial charge in [0.2, 0.25) is 0 Å². The molecule has 166 valence electrons. The minimum absolute atomic E-state index is 0.0453. The van der Waals surface area contributed by atoms with Crippen molar-refractivity contribution < 1.29 is 4.42 Å². The van der Waals surface area contributed by atoms with Gasteiger partial charge in [-0.15, -0.1) is 0 Å². The van der Waals surface area contributed by atoms with E-state index in [0.29, 0.717) is 0 Å². The second-order valence-electron chi connectivity index (χ2n) is 9.52. The molecule has 0 fully saturated rings. The van der Waals surface area contributed by atoms with E-state index in [2.05, 4.69) is 66.8 Å². The van der Waals surface area contributed by atoms with Gasteiger partial charge in [-0.05, 0) is 48.1 Å². The molecule has 2 aliphatic rings. The highest BCUT2D eigenvalue weighted by Crippen LogP contribution is 2.37.